The topological polar surface area (TPSA) is 60.8 Å². The van der Waals surface area contributed by atoms with Crippen molar-refractivity contribution in [3.63, 3.8) is 0 Å². The largest absolute Gasteiger partial charge is 0.481 e. The highest BCUT2D eigenvalue weighted by molar-refractivity contribution is 5.66. The molecule has 0 aliphatic heterocycles. The number of hydrogen-bond donors (Lipinski definition) is 2. The number of unbranched alkanes of at least 4 members (excludes halogenated alkanes) is 2. The van der Waals surface area contributed by atoms with Gasteiger partial charge >= 0.3 is 5.97 Å². The molecule has 14 heavy (non-hydrogen) atoms. The fourth-order valence-corrected chi connectivity index (χ4v) is 1.31. The van der Waals surface area contributed by atoms with Crippen LogP contribution in [0.2, 0.25) is 0 Å². The van der Waals surface area contributed by atoms with Crippen LogP contribution in [0.4, 0.5) is 0 Å². The second kappa shape index (κ2) is 8.97. The van der Waals surface area contributed by atoms with Gasteiger partial charge in [-0.2, -0.15) is 0 Å². The maximum Gasteiger partial charge on any atom is 0.304 e. The van der Waals surface area contributed by atoms with Crippen LogP contribution in [0.25, 0.3) is 0 Å². The van der Waals surface area contributed by atoms with E-state index in [0.29, 0.717) is 6.54 Å². The van der Waals surface area contributed by atoms with Crippen molar-refractivity contribution in [3.8, 4) is 0 Å². The summed E-state index contributed by atoms with van der Waals surface area (Å²) in [4.78, 5) is 12.5. The molecular formula is C10H21NO3. The van der Waals surface area contributed by atoms with Gasteiger partial charge < -0.3 is 15.1 Å². The predicted octanol–water partition coefficient (Wildman–Crippen LogP) is 0.946. The van der Waals surface area contributed by atoms with Gasteiger partial charge in [0.1, 0.15) is 0 Å². The summed E-state index contributed by atoms with van der Waals surface area (Å²) in [5, 5.41) is 17.1. The van der Waals surface area contributed by atoms with Gasteiger partial charge in [-0.05, 0) is 32.4 Å². The standard InChI is InChI=1S/C10H21NO3/c1-2-11(8-6-10(13)14)7-4-3-5-9-12/h12H,2-9H2,1H3,(H,13,14). The molecule has 0 amide bonds. The lowest BCUT2D eigenvalue weighted by molar-refractivity contribution is -0.137. The van der Waals surface area contributed by atoms with E-state index in [1.165, 1.54) is 0 Å². The van der Waals surface area contributed by atoms with Crippen LogP contribution in [0.1, 0.15) is 32.6 Å². The average Bonchev–Trinajstić information content (AvgIpc) is 2.16. The van der Waals surface area contributed by atoms with E-state index in [2.05, 4.69) is 4.90 Å². The molecule has 4 heteroatoms. The van der Waals surface area contributed by atoms with Crippen molar-refractivity contribution in [3.05, 3.63) is 0 Å². The molecule has 0 aliphatic rings. The highest BCUT2D eigenvalue weighted by Crippen LogP contribution is 1.99. The highest BCUT2D eigenvalue weighted by Gasteiger charge is 2.04. The fourth-order valence-electron chi connectivity index (χ4n) is 1.31. The lowest BCUT2D eigenvalue weighted by Gasteiger charge is -2.18. The van der Waals surface area contributed by atoms with Gasteiger partial charge in [0.05, 0.1) is 6.42 Å². The third-order valence-corrected chi connectivity index (χ3v) is 2.22. The maximum absolute atomic E-state index is 10.3. The number of carbonyl (C=O) groups is 1. The van der Waals surface area contributed by atoms with Gasteiger partial charge in [0.2, 0.25) is 0 Å². The lowest BCUT2D eigenvalue weighted by atomic mass is 10.2. The third-order valence-electron chi connectivity index (χ3n) is 2.22. The van der Waals surface area contributed by atoms with Crippen molar-refractivity contribution in [1.82, 2.24) is 4.90 Å². The number of aliphatic carboxylic acids is 1. The first-order chi connectivity index (χ1) is 6.70. The number of hydrogen-bond acceptors (Lipinski definition) is 3. The summed E-state index contributed by atoms with van der Waals surface area (Å²) in [6.45, 7) is 4.75. The SMILES string of the molecule is CCN(CCCCCO)CCC(=O)O. The number of rotatable bonds is 9. The molecular weight excluding hydrogens is 182 g/mol. The second-order valence-corrected chi connectivity index (χ2v) is 3.36. The van der Waals surface area contributed by atoms with Gasteiger partial charge in [0, 0.05) is 13.2 Å². The number of aliphatic hydroxyl groups is 1. The minimum atomic E-state index is -0.737. The van der Waals surface area contributed by atoms with Gasteiger partial charge in [0.15, 0.2) is 0 Å². The molecule has 0 bridgehead atoms. The Morgan fingerprint density at radius 2 is 1.93 bits per heavy atom. The van der Waals surface area contributed by atoms with Gasteiger partial charge in [-0.1, -0.05) is 6.92 Å². The molecule has 2 N–H and O–H groups in total. The number of carboxylic acids is 1. The van der Waals surface area contributed by atoms with Crippen molar-refractivity contribution < 1.29 is 15.0 Å². The Labute approximate surface area is 85.5 Å². The normalized spacial score (nSPS) is 10.8. The minimum Gasteiger partial charge on any atom is -0.481 e. The highest BCUT2D eigenvalue weighted by atomic mass is 16.4. The van der Waals surface area contributed by atoms with Crippen molar-refractivity contribution >= 4 is 5.97 Å². The van der Waals surface area contributed by atoms with Gasteiger partial charge in [-0.3, -0.25) is 4.79 Å². The van der Waals surface area contributed by atoms with Crippen LogP contribution in [-0.4, -0.2) is 47.3 Å². The smallest absolute Gasteiger partial charge is 0.304 e. The number of aliphatic hydroxyl groups excluding tert-OH is 1. The van der Waals surface area contributed by atoms with Crippen molar-refractivity contribution in [2.45, 2.75) is 32.6 Å². The molecule has 84 valence electrons. The van der Waals surface area contributed by atoms with Crippen LogP contribution in [0.15, 0.2) is 0 Å². The van der Waals surface area contributed by atoms with Crippen molar-refractivity contribution in [2.75, 3.05) is 26.2 Å². The Morgan fingerprint density at radius 1 is 1.21 bits per heavy atom. The molecule has 4 nitrogen and oxygen atoms in total. The van der Waals surface area contributed by atoms with E-state index in [4.69, 9.17) is 10.2 Å². The summed E-state index contributed by atoms with van der Waals surface area (Å²) in [7, 11) is 0. The van der Waals surface area contributed by atoms with Gasteiger partial charge in [-0.15, -0.1) is 0 Å². The molecule has 0 aromatic rings. The molecule has 0 saturated carbocycles. The summed E-state index contributed by atoms with van der Waals surface area (Å²) >= 11 is 0. The lowest BCUT2D eigenvalue weighted by Crippen LogP contribution is -2.27. The predicted molar refractivity (Wildman–Crippen MR) is 55.3 cm³/mol. The molecule has 0 radical (unpaired) electrons. The van der Waals surface area contributed by atoms with Crippen LogP contribution in [-0.2, 0) is 4.79 Å². The van der Waals surface area contributed by atoms with Gasteiger partial charge in [-0.25, -0.2) is 0 Å². The van der Waals surface area contributed by atoms with Crippen LogP contribution in [0.5, 0.6) is 0 Å². The van der Waals surface area contributed by atoms with Gasteiger partial charge in [0.25, 0.3) is 0 Å². The van der Waals surface area contributed by atoms with E-state index in [1.807, 2.05) is 6.92 Å². The fraction of sp³-hybridized carbons (Fsp3) is 0.900. The summed E-state index contributed by atoms with van der Waals surface area (Å²) in [5.74, 6) is -0.737. The monoisotopic (exact) mass is 203 g/mol. The van der Waals surface area contributed by atoms with E-state index < -0.39 is 5.97 Å². The zero-order valence-corrected chi connectivity index (χ0v) is 8.91. The van der Waals surface area contributed by atoms with Crippen LogP contribution < -0.4 is 0 Å². The zero-order valence-electron chi connectivity index (χ0n) is 8.91. The summed E-state index contributed by atoms with van der Waals surface area (Å²) in [5.41, 5.74) is 0. The number of carboxylic acid groups (broad SMARTS) is 1. The first-order valence-electron chi connectivity index (χ1n) is 5.25. The first-order valence-corrected chi connectivity index (χ1v) is 5.25. The Morgan fingerprint density at radius 3 is 2.43 bits per heavy atom. The van der Waals surface area contributed by atoms with Crippen molar-refractivity contribution in [2.24, 2.45) is 0 Å². The number of nitrogens with zero attached hydrogens (tertiary/aromatic N) is 1. The summed E-state index contributed by atoms with van der Waals surface area (Å²) < 4.78 is 0. The summed E-state index contributed by atoms with van der Waals surface area (Å²) in [6, 6.07) is 0. The van der Waals surface area contributed by atoms with Crippen LogP contribution >= 0.6 is 0 Å². The summed E-state index contributed by atoms with van der Waals surface area (Å²) in [6.07, 6.45) is 3.11. The van der Waals surface area contributed by atoms with E-state index >= 15 is 0 Å². The van der Waals surface area contributed by atoms with E-state index in [-0.39, 0.29) is 13.0 Å². The second-order valence-electron chi connectivity index (χ2n) is 3.36. The van der Waals surface area contributed by atoms with E-state index in [0.717, 1.165) is 32.4 Å². The molecule has 0 saturated heterocycles. The Bertz CT molecular complexity index is 150. The molecule has 0 rings (SSSR count). The van der Waals surface area contributed by atoms with Crippen LogP contribution in [0, 0.1) is 0 Å². The Kier molecular flexibility index (Phi) is 8.57. The molecule has 0 aliphatic carbocycles. The average molecular weight is 203 g/mol. The Balaban J connectivity index is 3.42. The zero-order chi connectivity index (χ0) is 10.8. The molecule has 0 fully saturated rings. The Hall–Kier alpha value is -0.610. The molecule has 0 spiro atoms. The molecule has 0 heterocycles. The molecule has 0 aromatic carbocycles. The third kappa shape index (κ3) is 8.01. The molecule has 0 unspecified atom stereocenters. The van der Waals surface area contributed by atoms with Crippen LogP contribution in [0.3, 0.4) is 0 Å². The molecule has 0 atom stereocenters. The van der Waals surface area contributed by atoms with E-state index in [1.54, 1.807) is 0 Å². The minimum absolute atomic E-state index is 0.216. The maximum atomic E-state index is 10.3. The van der Waals surface area contributed by atoms with Crippen molar-refractivity contribution in [1.29, 1.82) is 0 Å². The quantitative estimate of drug-likeness (QED) is 0.548. The van der Waals surface area contributed by atoms with E-state index in [9.17, 15) is 4.79 Å². The first kappa shape index (κ1) is 13.4. The molecule has 0 aromatic heterocycles.